The van der Waals surface area contributed by atoms with Gasteiger partial charge in [-0.3, -0.25) is 19.2 Å². The summed E-state index contributed by atoms with van der Waals surface area (Å²) in [6.07, 6.45) is 6.62. The van der Waals surface area contributed by atoms with Crippen LogP contribution in [0.15, 0.2) is 18.2 Å². The Bertz CT molecular complexity index is 826. The number of morpholine rings is 1. The van der Waals surface area contributed by atoms with Crippen molar-refractivity contribution < 1.29 is 23.9 Å². The molecular formula is C29H45NO5. The summed E-state index contributed by atoms with van der Waals surface area (Å²) < 4.78 is 5.28. The van der Waals surface area contributed by atoms with Crippen LogP contribution in [-0.4, -0.2) is 54.5 Å². The summed E-state index contributed by atoms with van der Waals surface area (Å²) in [6, 6.07) is 5.85. The lowest BCUT2D eigenvalue weighted by atomic mass is 9.95. The van der Waals surface area contributed by atoms with Crippen molar-refractivity contribution in [2.45, 2.75) is 92.4 Å². The van der Waals surface area contributed by atoms with Crippen LogP contribution in [0.1, 0.15) is 101 Å². The number of aryl methyl sites for hydroxylation is 1. The molecule has 1 aromatic carbocycles. The Morgan fingerprint density at radius 2 is 1.66 bits per heavy atom. The van der Waals surface area contributed by atoms with Gasteiger partial charge >= 0.3 is 0 Å². The predicted molar refractivity (Wildman–Crippen MR) is 140 cm³/mol. The molecular weight excluding hydrogens is 442 g/mol. The van der Waals surface area contributed by atoms with E-state index in [-0.39, 0.29) is 29.2 Å². The number of rotatable bonds is 13. The molecule has 6 nitrogen and oxygen atoms in total. The first-order valence-electron chi connectivity index (χ1n) is 13.3. The lowest BCUT2D eigenvalue weighted by Gasteiger charge is -2.27. The predicted octanol–water partition coefficient (Wildman–Crippen LogP) is 5.38. The molecule has 1 aliphatic rings. The van der Waals surface area contributed by atoms with Crippen molar-refractivity contribution in [3.05, 3.63) is 34.9 Å². The fourth-order valence-corrected chi connectivity index (χ4v) is 3.88. The van der Waals surface area contributed by atoms with Gasteiger partial charge in [0.15, 0.2) is 5.78 Å². The highest BCUT2D eigenvalue weighted by Gasteiger charge is 2.18. The van der Waals surface area contributed by atoms with Gasteiger partial charge in [-0.1, -0.05) is 52.3 Å². The average Bonchev–Trinajstić information content (AvgIpc) is 2.86. The zero-order valence-corrected chi connectivity index (χ0v) is 22.5. The molecule has 0 bridgehead atoms. The van der Waals surface area contributed by atoms with Crippen molar-refractivity contribution in [3.8, 4) is 0 Å². The van der Waals surface area contributed by atoms with Crippen LogP contribution in [0.5, 0.6) is 0 Å². The maximum atomic E-state index is 12.3. The number of ketones is 3. The second kappa shape index (κ2) is 17.1. The van der Waals surface area contributed by atoms with Crippen LogP contribution in [0, 0.1) is 5.92 Å². The Morgan fingerprint density at radius 3 is 2.23 bits per heavy atom. The first kappa shape index (κ1) is 30.7. The first-order chi connectivity index (χ1) is 16.7. The Balaban J connectivity index is 0.000000434. The highest BCUT2D eigenvalue weighted by atomic mass is 16.5. The third-order valence-corrected chi connectivity index (χ3v) is 6.41. The van der Waals surface area contributed by atoms with Crippen molar-refractivity contribution in [3.63, 3.8) is 0 Å². The highest BCUT2D eigenvalue weighted by molar-refractivity contribution is 5.97. The molecule has 1 fully saturated rings. The zero-order chi connectivity index (χ0) is 26.2. The minimum atomic E-state index is 0.0470. The molecule has 196 valence electrons. The fraction of sp³-hybridized carbons (Fsp3) is 0.655. The van der Waals surface area contributed by atoms with Gasteiger partial charge < -0.3 is 9.64 Å². The van der Waals surface area contributed by atoms with E-state index in [0.717, 1.165) is 42.4 Å². The quantitative estimate of drug-likeness (QED) is 0.349. The standard InChI is InChI=1S/C19H27NO3.C10H18O2/c1-3-5-6-18(21)17-8-7-15(13-16(17)4-2)14-19(22)20-9-11-23-12-10-20;1-4-5-10(12)7-6-8(2)9(3)11/h7-8,13H,3-6,9-12,14H2,1-2H3;8H,4-7H2,1-3H3. The van der Waals surface area contributed by atoms with E-state index in [4.69, 9.17) is 4.74 Å². The minimum Gasteiger partial charge on any atom is -0.378 e. The molecule has 0 spiro atoms. The summed E-state index contributed by atoms with van der Waals surface area (Å²) in [7, 11) is 0. The van der Waals surface area contributed by atoms with E-state index in [1.165, 1.54) is 0 Å². The lowest BCUT2D eigenvalue weighted by Crippen LogP contribution is -2.41. The molecule has 1 heterocycles. The van der Waals surface area contributed by atoms with Crippen LogP contribution in [0.2, 0.25) is 0 Å². The number of hydrogen-bond donors (Lipinski definition) is 0. The van der Waals surface area contributed by atoms with Crippen LogP contribution in [-0.2, 0) is 32.0 Å². The van der Waals surface area contributed by atoms with Gasteiger partial charge in [0.05, 0.1) is 19.6 Å². The SMILES string of the molecule is CCCC(=O)CCC(C)C(C)=O.CCCCC(=O)c1ccc(CC(=O)N2CCOCC2)cc1CC. The fourth-order valence-electron chi connectivity index (χ4n) is 3.88. The minimum absolute atomic E-state index is 0.0470. The Morgan fingerprint density at radius 1 is 0.971 bits per heavy atom. The number of carbonyl (C=O) groups is 4. The van der Waals surface area contributed by atoms with Gasteiger partial charge in [-0.2, -0.15) is 0 Å². The van der Waals surface area contributed by atoms with Gasteiger partial charge in [0.2, 0.25) is 5.91 Å². The van der Waals surface area contributed by atoms with Crippen molar-refractivity contribution in [2.24, 2.45) is 5.92 Å². The van der Waals surface area contributed by atoms with E-state index in [2.05, 4.69) is 13.8 Å². The highest BCUT2D eigenvalue weighted by Crippen LogP contribution is 2.17. The molecule has 0 saturated carbocycles. The molecule has 0 aromatic heterocycles. The van der Waals surface area contributed by atoms with E-state index in [1.54, 1.807) is 6.92 Å². The average molecular weight is 488 g/mol. The molecule has 1 unspecified atom stereocenters. The third-order valence-electron chi connectivity index (χ3n) is 6.41. The molecule has 1 saturated heterocycles. The summed E-state index contributed by atoms with van der Waals surface area (Å²) in [5.41, 5.74) is 2.87. The second-order valence-corrected chi connectivity index (χ2v) is 9.38. The Labute approximate surface area is 211 Å². The van der Waals surface area contributed by atoms with Crippen molar-refractivity contribution in [2.75, 3.05) is 26.3 Å². The van der Waals surface area contributed by atoms with Gasteiger partial charge in [0, 0.05) is 43.8 Å². The molecule has 0 N–H and O–H groups in total. The molecule has 2 rings (SSSR count). The number of ether oxygens (including phenoxy) is 1. The third kappa shape index (κ3) is 11.8. The second-order valence-electron chi connectivity index (χ2n) is 9.38. The largest absolute Gasteiger partial charge is 0.378 e. The van der Waals surface area contributed by atoms with Crippen molar-refractivity contribution >= 4 is 23.3 Å². The molecule has 1 aromatic rings. The molecule has 1 amide bonds. The van der Waals surface area contributed by atoms with E-state index < -0.39 is 0 Å². The molecule has 6 heteroatoms. The molecule has 0 radical (unpaired) electrons. The maximum Gasteiger partial charge on any atom is 0.227 e. The summed E-state index contributed by atoms with van der Waals surface area (Å²) in [5, 5.41) is 0. The monoisotopic (exact) mass is 487 g/mol. The van der Waals surface area contributed by atoms with Crippen LogP contribution in [0.4, 0.5) is 0 Å². The van der Waals surface area contributed by atoms with Gasteiger partial charge in [0.1, 0.15) is 11.6 Å². The topological polar surface area (TPSA) is 80.8 Å². The number of nitrogens with zero attached hydrogens (tertiary/aromatic N) is 1. The van der Waals surface area contributed by atoms with E-state index in [0.29, 0.717) is 58.4 Å². The molecule has 35 heavy (non-hydrogen) atoms. The smallest absolute Gasteiger partial charge is 0.227 e. The van der Waals surface area contributed by atoms with Gasteiger partial charge in [-0.25, -0.2) is 0 Å². The normalized spacial score (nSPS) is 14.0. The van der Waals surface area contributed by atoms with Crippen LogP contribution >= 0.6 is 0 Å². The van der Waals surface area contributed by atoms with Crippen LogP contribution < -0.4 is 0 Å². The number of hydrogen-bond acceptors (Lipinski definition) is 5. The first-order valence-corrected chi connectivity index (χ1v) is 13.3. The van der Waals surface area contributed by atoms with Gasteiger partial charge in [-0.15, -0.1) is 0 Å². The summed E-state index contributed by atoms with van der Waals surface area (Å²) >= 11 is 0. The van der Waals surface area contributed by atoms with Crippen molar-refractivity contribution in [1.29, 1.82) is 0 Å². The summed E-state index contributed by atoms with van der Waals surface area (Å²) in [5.74, 6) is 0.867. The van der Waals surface area contributed by atoms with Gasteiger partial charge in [0.25, 0.3) is 0 Å². The number of carbonyl (C=O) groups excluding carboxylic acids is 4. The van der Waals surface area contributed by atoms with Crippen molar-refractivity contribution in [1.82, 2.24) is 4.90 Å². The summed E-state index contributed by atoms with van der Waals surface area (Å²) in [6.45, 7) is 12.2. The van der Waals surface area contributed by atoms with E-state index in [9.17, 15) is 19.2 Å². The molecule has 0 aliphatic carbocycles. The van der Waals surface area contributed by atoms with Gasteiger partial charge in [-0.05, 0) is 43.7 Å². The van der Waals surface area contributed by atoms with E-state index in [1.807, 2.05) is 36.9 Å². The zero-order valence-electron chi connectivity index (χ0n) is 22.5. The van der Waals surface area contributed by atoms with Crippen LogP contribution in [0.3, 0.4) is 0 Å². The van der Waals surface area contributed by atoms with E-state index >= 15 is 0 Å². The lowest BCUT2D eigenvalue weighted by molar-refractivity contribution is -0.134. The molecule has 1 atom stereocenters. The number of Topliss-reactive ketones (excluding diaryl/α,β-unsaturated/α-hetero) is 3. The molecule has 1 aliphatic heterocycles. The maximum absolute atomic E-state index is 12.3. The number of benzene rings is 1. The number of unbranched alkanes of at least 4 members (excludes halogenated alkanes) is 1. The Kier molecular flexibility index (Phi) is 15.0. The Hall–Kier alpha value is -2.34. The van der Waals surface area contributed by atoms with Crippen LogP contribution in [0.25, 0.3) is 0 Å². The summed E-state index contributed by atoms with van der Waals surface area (Å²) in [4.78, 5) is 48.3. The number of amides is 1.